The summed E-state index contributed by atoms with van der Waals surface area (Å²) in [6.07, 6.45) is 0.392. The van der Waals surface area contributed by atoms with Gasteiger partial charge in [0, 0.05) is 12.1 Å². The fourth-order valence-corrected chi connectivity index (χ4v) is 4.55. The molecule has 0 saturated heterocycles. The van der Waals surface area contributed by atoms with Crippen molar-refractivity contribution >= 4 is 10.8 Å². The van der Waals surface area contributed by atoms with Gasteiger partial charge in [-0.3, -0.25) is 0 Å². The second-order valence-electron chi connectivity index (χ2n) is 9.58. The number of ether oxygens (including phenoxy) is 1. The summed E-state index contributed by atoms with van der Waals surface area (Å²) in [6, 6.07) is 8.01. The van der Waals surface area contributed by atoms with Gasteiger partial charge in [-0.05, 0) is 66.8 Å². The molecule has 30 heavy (non-hydrogen) atoms. The zero-order valence-corrected chi connectivity index (χ0v) is 18.5. The lowest BCUT2D eigenvalue weighted by atomic mass is 9.72. The van der Waals surface area contributed by atoms with Gasteiger partial charge >= 0.3 is 6.18 Å². The molecule has 1 aliphatic carbocycles. The molecule has 5 heteroatoms. The lowest BCUT2D eigenvalue weighted by Crippen LogP contribution is -2.31. The van der Waals surface area contributed by atoms with E-state index in [1.807, 2.05) is 0 Å². The summed E-state index contributed by atoms with van der Waals surface area (Å²) in [5.41, 5.74) is 0.466. The van der Waals surface area contributed by atoms with E-state index in [0.29, 0.717) is 23.6 Å². The molecule has 2 aromatic carbocycles. The predicted molar refractivity (Wildman–Crippen MR) is 117 cm³/mol. The van der Waals surface area contributed by atoms with Gasteiger partial charge in [0.25, 0.3) is 0 Å². The molecule has 1 saturated carbocycles. The number of hydrogen-bond donors (Lipinski definition) is 1. The highest BCUT2D eigenvalue weighted by molar-refractivity contribution is 5.91. The molecule has 166 valence electrons. The Morgan fingerprint density at radius 1 is 1.00 bits per heavy atom. The Kier molecular flexibility index (Phi) is 7.01. The van der Waals surface area contributed by atoms with Gasteiger partial charge < -0.3 is 10.1 Å². The zero-order valence-electron chi connectivity index (χ0n) is 18.5. The van der Waals surface area contributed by atoms with Crippen LogP contribution in [0.1, 0.15) is 70.9 Å². The lowest BCUT2D eigenvalue weighted by Gasteiger charge is -2.37. The average Bonchev–Trinajstić information content (AvgIpc) is 2.68. The summed E-state index contributed by atoms with van der Waals surface area (Å²) in [4.78, 5) is 0. The third-order valence-corrected chi connectivity index (χ3v) is 6.34. The van der Waals surface area contributed by atoms with Crippen LogP contribution in [0.4, 0.5) is 13.2 Å². The van der Waals surface area contributed by atoms with Crippen molar-refractivity contribution in [3.8, 4) is 5.75 Å². The van der Waals surface area contributed by atoms with Crippen molar-refractivity contribution in [2.45, 2.75) is 78.6 Å². The van der Waals surface area contributed by atoms with Crippen molar-refractivity contribution < 1.29 is 17.9 Å². The first-order chi connectivity index (χ1) is 14.1. The van der Waals surface area contributed by atoms with Gasteiger partial charge in [0.05, 0.1) is 11.7 Å². The lowest BCUT2D eigenvalue weighted by molar-refractivity contribution is -0.136. The highest BCUT2D eigenvalue weighted by atomic mass is 19.4. The molecule has 0 bridgehead atoms. The fourth-order valence-electron chi connectivity index (χ4n) is 4.55. The van der Waals surface area contributed by atoms with Crippen molar-refractivity contribution in [3.05, 3.63) is 41.5 Å². The van der Waals surface area contributed by atoms with E-state index in [1.54, 1.807) is 24.3 Å². The number of fused-ring (bicyclic) bond motifs is 1. The van der Waals surface area contributed by atoms with Gasteiger partial charge in [-0.25, -0.2) is 0 Å². The minimum absolute atomic E-state index is 0.0317. The van der Waals surface area contributed by atoms with Crippen LogP contribution in [-0.4, -0.2) is 12.6 Å². The van der Waals surface area contributed by atoms with E-state index in [1.165, 1.54) is 6.07 Å². The molecule has 0 aliphatic heterocycles. The van der Waals surface area contributed by atoms with Crippen molar-refractivity contribution in [3.63, 3.8) is 0 Å². The molecule has 0 heterocycles. The predicted octanol–water partition coefficient (Wildman–Crippen LogP) is 7.34. The van der Waals surface area contributed by atoms with Crippen LogP contribution >= 0.6 is 0 Å². The van der Waals surface area contributed by atoms with Gasteiger partial charge in [-0.15, -0.1) is 0 Å². The molecule has 1 aliphatic rings. The Balaban J connectivity index is 1.94. The third-order valence-electron chi connectivity index (χ3n) is 6.34. The van der Waals surface area contributed by atoms with E-state index >= 15 is 0 Å². The summed E-state index contributed by atoms with van der Waals surface area (Å²) in [6.45, 7) is 10.2. The van der Waals surface area contributed by atoms with Crippen LogP contribution < -0.4 is 10.1 Å². The highest BCUT2D eigenvalue weighted by Gasteiger charge is 2.35. The SMILES string of the molecule is CCCNCc1c(OC2CCC(C(C)(C)C)CC2)cc(C(F)(F)F)c2ccccc12. The van der Waals surface area contributed by atoms with E-state index in [-0.39, 0.29) is 16.9 Å². The molecule has 0 atom stereocenters. The van der Waals surface area contributed by atoms with Gasteiger partial charge in [-0.2, -0.15) is 13.2 Å². The topological polar surface area (TPSA) is 21.3 Å². The van der Waals surface area contributed by atoms with E-state index in [2.05, 4.69) is 33.0 Å². The quantitative estimate of drug-likeness (QED) is 0.493. The second-order valence-corrected chi connectivity index (χ2v) is 9.58. The van der Waals surface area contributed by atoms with Crippen molar-refractivity contribution in [1.29, 1.82) is 0 Å². The Hall–Kier alpha value is -1.75. The molecule has 2 aromatic rings. The zero-order chi connectivity index (χ0) is 21.9. The molecular weight excluding hydrogens is 387 g/mol. The first-order valence-corrected chi connectivity index (χ1v) is 11.1. The molecule has 0 radical (unpaired) electrons. The number of halogens is 3. The molecule has 0 unspecified atom stereocenters. The van der Waals surface area contributed by atoms with E-state index in [4.69, 9.17) is 4.74 Å². The normalized spacial score (nSPS) is 20.5. The smallest absolute Gasteiger partial charge is 0.417 e. The number of nitrogens with one attached hydrogen (secondary N) is 1. The third kappa shape index (κ3) is 5.29. The maximum Gasteiger partial charge on any atom is 0.417 e. The first-order valence-electron chi connectivity index (χ1n) is 11.1. The first kappa shape index (κ1) is 22.9. The number of benzene rings is 2. The summed E-state index contributed by atoms with van der Waals surface area (Å²) in [7, 11) is 0. The Morgan fingerprint density at radius 2 is 1.63 bits per heavy atom. The van der Waals surface area contributed by atoms with Crippen LogP contribution in [0.2, 0.25) is 0 Å². The Morgan fingerprint density at radius 3 is 2.20 bits per heavy atom. The molecule has 0 aromatic heterocycles. The van der Waals surface area contributed by atoms with Gasteiger partial charge in [-0.1, -0.05) is 52.0 Å². The van der Waals surface area contributed by atoms with Gasteiger partial charge in [0.15, 0.2) is 0 Å². The summed E-state index contributed by atoms with van der Waals surface area (Å²) < 4.78 is 47.8. The number of rotatable bonds is 6. The summed E-state index contributed by atoms with van der Waals surface area (Å²) in [5.74, 6) is 1.01. The maximum absolute atomic E-state index is 13.8. The second kappa shape index (κ2) is 9.17. The minimum atomic E-state index is -4.42. The molecule has 1 N–H and O–H groups in total. The van der Waals surface area contributed by atoms with Crippen molar-refractivity contribution in [2.24, 2.45) is 11.3 Å². The molecular formula is C25H34F3NO. The van der Waals surface area contributed by atoms with Crippen LogP contribution in [0.15, 0.2) is 30.3 Å². The molecule has 0 spiro atoms. The van der Waals surface area contributed by atoms with Crippen LogP contribution in [0.5, 0.6) is 5.75 Å². The van der Waals surface area contributed by atoms with Gasteiger partial charge in [0.2, 0.25) is 0 Å². The summed E-state index contributed by atoms with van der Waals surface area (Å²) in [5, 5.41) is 4.20. The Labute approximate surface area is 178 Å². The van der Waals surface area contributed by atoms with E-state index in [0.717, 1.165) is 44.2 Å². The number of alkyl halides is 3. The average molecular weight is 422 g/mol. The Bertz CT molecular complexity index is 846. The highest BCUT2D eigenvalue weighted by Crippen LogP contribution is 2.43. The van der Waals surface area contributed by atoms with Crippen LogP contribution in [-0.2, 0) is 12.7 Å². The standard InChI is InChI=1S/C25H34F3NO/c1-5-14-29-16-21-19-8-6-7-9-20(19)22(25(26,27)28)15-23(21)30-18-12-10-17(11-13-18)24(2,3)4/h6-9,15,17-18,29H,5,10-14,16H2,1-4H3. The van der Waals surface area contributed by atoms with Crippen LogP contribution in [0, 0.1) is 11.3 Å². The monoisotopic (exact) mass is 421 g/mol. The fraction of sp³-hybridized carbons (Fsp3) is 0.600. The van der Waals surface area contributed by atoms with Gasteiger partial charge in [0.1, 0.15) is 5.75 Å². The minimum Gasteiger partial charge on any atom is -0.490 e. The van der Waals surface area contributed by atoms with E-state index in [9.17, 15) is 13.2 Å². The van der Waals surface area contributed by atoms with E-state index < -0.39 is 11.7 Å². The largest absolute Gasteiger partial charge is 0.490 e. The van der Waals surface area contributed by atoms with Crippen LogP contribution in [0.25, 0.3) is 10.8 Å². The van der Waals surface area contributed by atoms with Crippen molar-refractivity contribution in [1.82, 2.24) is 5.32 Å². The molecule has 1 fully saturated rings. The number of hydrogen-bond acceptors (Lipinski definition) is 2. The maximum atomic E-state index is 13.8. The molecule has 0 amide bonds. The van der Waals surface area contributed by atoms with Crippen LogP contribution in [0.3, 0.4) is 0 Å². The summed E-state index contributed by atoms with van der Waals surface area (Å²) >= 11 is 0. The molecule has 3 rings (SSSR count). The molecule has 2 nitrogen and oxygen atoms in total. The van der Waals surface area contributed by atoms with Crippen molar-refractivity contribution in [2.75, 3.05) is 6.54 Å².